The second kappa shape index (κ2) is 7.89. The van der Waals surface area contributed by atoms with Crippen molar-refractivity contribution in [1.82, 2.24) is 15.0 Å². The van der Waals surface area contributed by atoms with Gasteiger partial charge in [-0.05, 0) is 51.0 Å². The molecular weight excluding hydrogens is 438 g/mol. The number of fused-ring (bicyclic) bond motifs is 3. The summed E-state index contributed by atoms with van der Waals surface area (Å²) in [5.74, 6) is 1.13. The molecule has 6 rings (SSSR count). The van der Waals surface area contributed by atoms with E-state index in [-0.39, 0.29) is 10.7 Å². The maximum absolute atomic E-state index is 6.31. The minimum Gasteiger partial charge on any atom is -0.208 e. The molecule has 1 aromatic heterocycles. The minimum atomic E-state index is -0.0878. The summed E-state index contributed by atoms with van der Waals surface area (Å²) >= 11 is 6.31. The monoisotopic (exact) mass is 459 g/mol. The highest BCUT2D eigenvalue weighted by Gasteiger charge is 2.37. The lowest BCUT2D eigenvalue weighted by atomic mass is 9.79. The normalized spacial score (nSPS) is 13.4. The van der Waals surface area contributed by atoms with Crippen LogP contribution in [0.4, 0.5) is 0 Å². The first-order chi connectivity index (χ1) is 16.5. The molecule has 0 aliphatic heterocycles. The van der Waals surface area contributed by atoms with Crippen LogP contribution in [-0.2, 0) is 5.41 Å². The van der Waals surface area contributed by atoms with Crippen LogP contribution >= 0.6 is 11.6 Å². The maximum Gasteiger partial charge on any atom is 0.226 e. The van der Waals surface area contributed by atoms with Crippen LogP contribution in [0.5, 0.6) is 0 Å². The molecule has 1 heterocycles. The number of nitrogens with zero attached hydrogens (tertiary/aromatic N) is 3. The smallest absolute Gasteiger partial charge is 0.208 e. The molecule has 0 atom stereocenters. The van der Waals surface area contributed by atoms with Gasteiger partial charge in [-0.25, -0.2) is 4.98 Å². The van der Waals surface area contributed by atoms with Crippen molar-refractivity contribution < 1.29 is 0 Å². The third-order valence-electron chi connectivity index (χ3n) is 6.65. The van der Waals surface area contributed by atoms with Crippen molar-refractivity contribution in [2.75, 3.05) is 0 Å². The van der Waals surface area contributed by atoms with E-state index in [2.05, 4.69) is 84.5 Å². The highest BCUT2D eigenvalue weighted by atomic mass is 35.5. The molecule has 1 aliphatic rings. The molecule has 0 spiro atoms. The van der Waals surface area contributed by atoms with Crippen LogP contribution in [-0.4, -0.2) is 15.0 Å². The SMILES string of the molecule is CC1(C)c2ccccc2-c2cccc(-c3cccc(-c4nc(Cl)nc(-c5ccccc5)n4)c3)c21. The molecular formula is C30H22ClN3. The summed E-state index contributed by atoms with van der Waals surface area (Å²) in [5, 5.41) is 0.187. The van der Waals surface area contributed by atoms with Crippen molar-refractivity contribution in [1.29, 1.82) is 0 Å². The highest BCUT2D eigenvalue weighted by Crippen LogP contribution is 2.52. The van der Waals surface area contributed by atoms with Crippen molar-refractivity contribution in [3.63, 3.8) is 0 Å². The first-order valence-electron chi connectivity index (χ1n) is 11.3. The molecule has 0 N–H and O–H groups in total. The highest BCUT2D eigenvalue weighted by molar-refractivity contribution is 6.28. The van der Waals surface area contributed by atoms with Gasteiger partial charge in [0.15, 0.2) is 11.6 Å². The zero-order chi connectivity index (χ0) is 23.3. The third kappa shape index (κ3) is 3.32. The number of rotatable bonds is 3. The molecule has 0 radical (unpaired) electrons. The van der Waals surface area contributed by atoms with E-state index in [1.807, 2.05) is 36.4 Å². The minimum absolute atomic E-state index is 0.0878. The summed E-state index contributed by atoms with van der Waals surface area (Å²) in [6.45, 7) is 4.62. The zero-order valence-corrected chi connectivity index (χ0v) is 19.7. The summed E-state index contributed by atoms with van der Waals surface area (Å²) in [6.07, 6.45) is 0. The van der Waals surface area contributed by atoms with Gasteiger partial charge in [-0.1, -0.05) is 105 Å². The van der Waals surface area contributed by atoms with E-state index in [0.29, 0.717) is 11.6 Å². The molecule has 0 saturated heterocycles. The lowest BCUT2D eigenvalue weighted by Crippen LogP contribution is -2.16. The molecule has 0 fully saturated rings. The summed E-state index contributed by atoms with van der Waals surface area (Å²) in [7, 11) is 0. The zero-order valence-electron chi connectivity index (χ0n) is 19.0. The molecule has 0 saturated carbocycles. The third-order valence-corrected chi connectivity index (χ3v) is 6.82. The Morgan fingerprint density at radius 2 is 1.15 bits per heavy atom. The predicted molar refractivity (Wildman–Crippen MR) is 139 cm³/mol. The van der Waals surface area contributed by atoms with Gasteiger partial charge in [-0.15, -0.1) is 0 Å². The van der Waals surface area contributed by atoms with E-state index < -0.39 is 0 Å². The van der Waals surface area contributed by atoms with Gasteiger partial charge in [0.25, 0.3) is 0 Å². The molecule has 4 heteroatoms. The molecule has 1 aliphatic carbocycles. The van der Waals surface area contributed by atoms with E-state index in [0.717, 1.165) is 16.7 Å². The Hall–Kier alpha value is -3.82. The summed E-state index contributed by atoms with van der Waals surface area (Å²) in [4.78, 5) is 13.5. The van der Waals surface area contributed by atoms with Crippen LogP contribution in [0.25, 0.3) is 45.0 Å². The van der Waals surface area contributed by atoms with E-state index >= 15 is 0 Å². The van der Waals surface area contributed by atoms with Crippen molar-refractivity contribution >= 4 is 11.6 Å². The molecule has 5 aromatic rings. The van der Waals surface area contributed by atoms with E-state index in [1.165, 1.54) is 27.8 Å². The summed E-state index contributed by atoms with van der Waals surface area (Å²) in [5.41, 5.74) is 9.43. The number of halogens is 1. The van der Waals surface area contributed by atoms with Gasteiger partial charge < -0.3 is 0 Å². The van der Waals surface area contributed by atoms with Gasteiger partial charge >= 0.3 is 0 Å². The van der Waals surface area contributed by atoms with Crippen LogP contribution in [0.1, 0.15) is 25.0 Å². The molecule has 4 aromatic carbocycles. The first-order valence-corrected chi connectivity index (χ1v) is 11.7. The van der Waals surface area contributed by atoms with Gasteiger partial charge in [0.1, 0.15) is 0 Å². The summed E-state index contributed by atoms with van der Waals surface area (Å²) in [6, 6.07) is 33.5. The van der Waals surface area contributed by atoms with E-state index in [9.17, 15) is 0 Å². The topological polar surface area (TPSA) is 38.7 Å². The summed E-state index contributed by atoms with van der Waals surface area (Å²) < 4.78 is 0. The fourth-order valence-corrected chi connectivity index (χ4v) is 5.27. The average molecular weight is 460 g/mol. The number of hydrogen-bond donors (Lipinski definition) is 0. The van der Waals surface area contributed by atoms with Crippen LogP contribution in [0, 0.1) is 0 Å². The Kier molecular flexibility index (Phi) is 4.82. The van der Waals surface area contributed by atoms with Crippen LogP contribution in [0.2, 0.25) is 5.28 Å². The lowest BCUT2D eigenvalue weighted by molar-refractivity contribution is 0.662. The van der Waals surface area contributed by atoms with Gasteiger partial charge in [0.2, 0.25) is 5.28 Å². The molecule has 0 amide bonds. The number of benzene rings is 4. The molecule has 3 nitrogen and oxygen atoms in total. The van der Waals surface area contributed by atoms with Crippen molar-refractivity contribution in [2.45, 2.75) is 19.3 Å². The van der Waals surface area contributed by atoms with Crippen LogP contribution in [0.15, 0.2) is 97.1 Å². The predicted octanol–water partition coefficient (Wildman–Crippen LogP) is 7.83. The number of aromatic nitrogens is 3. The molecule has 0 bridgehead atoms. The first kappa shape index (κ1) is 20.8. The van der Waals surface area contributed by atoms with Gasteiger partial charge in [0, 0.05) is 16.5 Å². The van der Waals surface area contributed by atoms with Crippen LogP contribution in [0.3, 0.4) is 0 Å². The standard InChI is InChI=1S/C30H22ClN3/c1-30(2)25-17-7-6-14-23(25)24-16-9-15-22(26(24)30)20-12-8-13-21(18-20)28-32-27(33-29(31)34-28)19-10-4-3-5-11-19/h3-18H,1-2H3. The van der Waals surface area contributed by atoms with Gasteiger partial charge in [0.05, 0.1) is 0 Å². The van der Waals surface area contributed by atoms with Gasteiger partial charge in [-0.2, -0.15) is 9.97 Å². The molecule has 0 unspecified atom stereocenters. The van der Waals surface area contributed by atoms with Gasteiger partial charge in [-0.3, -0.25) is 0 Å². The Morgan fingerprint density at radius 1 is 0.559 bits per heavy atom. The van der Waals surface area contributed by atoms with E-state index in [1.54, 1.807) is 0 Å². The molecule has 34 heavy (non-hydrogen) atoms. The van der Waals surface area contributed by atoms with Crippen molar-refractivity contribution in [3.8, 4) is 45.0 Å². The Morgan fingerprint density at radius 3 is 1.97 bits per heavy atom. The Bertz CT molecular complexity index is 1540. The lowest BCUT2D eigenvalue weighted by Gasteiger charge is -2.24. The maximum atomic E-state index is 6.31. The largest absolute Gasteiger partial charge is 0.226 e. The quantitative estimate of drug-likeness (QED) is 0.276. The fraction of sp³-hybridized carbons (Fsp3) is 0.100. The van der Waals surface area contributed by atoms with Crippen LogP contribution < -0.4 is 0 Å². The molecule has 164 valence electrons. The fourth-order valence-electron chi connectivity index (χ4n) is 5.11. The Balaban J connectivity index is 1.49. The van der Waals surface area contributed by atoms with Crippen molar-refractivity contribution in [2.24, 2.45) is 0 Å². The number of hydrogen-bond acceptors (Lipinski definition) is 3. The second-order valence-electron chi connectivity index (χ2n) is 9.10. The second-order valence-corrected chi connectivity index (χ2v) is 9.44. The Labute approximate surface area is 204 Å². The van der Waals surface area contributed by atoms with Crippen molar-refractivity contribution in [3.05, 3.63) is 113 Å². The average Bonchev–Trinajstić information content (AvgIpc) is 3.11. The van der Waals surface area contributed by atoms with E-state index in [4.69, 9.17) is 16.6 Å².